The van der Waals surface area contributed by atoms with Gasteiger partial charge >= 0.3 is 6.18 Å². The van der Waals surface area contributed by atoms with Gasteiger partial charge in [0, 0.05) is 21.8 Å². The van der Waals surface area contributed by atoms with Crippen LogP contribution in [0.25, 0.3) is 10.9 Å². The Hall–Kier alpha value is -2.08. The molecule has 0 saturated carbocycles. The number of benzene rings is 2. The van der Waals surface area contributed by atoms with Gasteiger partial charge in [0.05, 0.1) is 11.4 Å². The average Bonchev–Trinajstić information content (AvgIpc) is 2.73. The fraction of sp³-hybridized carbons (Fsp3) is 0.118. The molecule has 0 spiro atoms. The van der Waals surface area contributed by atoms with Gasteiger partial charge in [-0.25, -0.2) is 4.99 Å². The Morgan fingerprint density at radius 2 is 1.87 bits per heavy atom. The van der Waals surface area contributed by atoms with Crippen molar-refractivity contribution >= 4 is 38.2 Å². The van der Waals surface area contributed by atoms with Crippen LogP contribution >= 0.6 is 15.9 Å². The normalized spacial score (nSPS) is 14.2. The summed E-state index contributed by atoms with van der Waals surface area (Å²) in [6, 6.07) is 12.4. The number of fused-ring (bicyclic) bond motifs is 4. The van der Waals surface area contributed by atoms with Gasteiger partial charge in [-0.1, -0.05) is 34.1 Å². The Labute approximate surface area is 138 Å². The van der Waals surface area contributed by atoms with Crippen molar-refractivity contribution in [3.05, 3.63) is 63.8 Å². The third-order valence-corrected chi connectivity index (χ3v) is 4.46. The first-order chi connectivity index (χ1) is 10.9. The van der Waals surface area contributed by atoms with E-state index in [1.165, 1.54) is 0 Å². The number of rotatable bonds is 0. The molecule has 3 aromatic rings. The summed E-state index contributed by atoms with van der Waals surface area (Å²) in [5.74, 6) is 0. The van der Waals surface area contributed by atoms with E-state index in [4.69, 9.17) is 0 Å². The molecule has 1 N–H and O–H groups in total. The fourth-order valence-electron chi connectivity index (χ4n) is 2.95. The molecule has 2 heterocycles. The second-order valence-corrected chi connectivity index (χ2v) is 6.35. The van der Waals surface area contributed by atoms with E-state index in [1.54, 1.807) is 24.3 Å². The summed E-state index contributed by atoms with van der Waals surface area (Å²) in [4.78, 5) is 6.82. The minimum Gasteiger partial charge on any atom is -0.353 e. The molecule has 2 aromatic carbocycles. The maximum absolute atomic E-state index is 13.5. The number of halogens is 4. The van der Waals surface area contributed by atoms with Gasteiger partial charge in [-0.2, -0.15) is 13.2 Å². The van der Waals surface area contributed by atoms with E-state index in [2.05, 4.69) is 25.9 Å². The molecule has 4 rings (SSSR count). The number of aliphatic imine (C=N–C) groups is 1. The maximum Gasteiger partial charge on any atom is 0.435 e. The zero-order valence-corrected chi connectivity index (χ0v) is 13.3. The SMILES string of the molecule is FC(F)(F)C1=Nc2ccccc2Cc2c1[nH]c1ccc(Br)cc21. The fourth-order valence-corrected chi connectivity index (χ4v) is 3.31. The molecular weight excluding hydrogens is 369 g/mol. The van der Waals surface area contributed by atoms with Crippen LogP contribution in [0.5, 0.6) is 0 Å². The van der Waals surface area contributed by atoms with Gasteiger partial charge in [-0.15, -0.1) is 0 Å². The van der Waals surface area contributed by atoms with Crippen molar-refractivity contribution in [3.63, 3.8) is 0 Å². The van der Waals surface area contributed by atoms with Gasteiger partial charge in [0.2, 0.25) is 0 Å². The summed E-state index contributed by atoms with van der Waals surface area (Å²) >= 11 is 3.38. The molecule has 0 atom stereocenters. The van der Waals surface area contributed by atoms with Crippen molar-refractivity contribution in [1.82, 2.24) is 4.98 Å². The number of alkyl halides is 3. The predicted octanol–water partition coefficient (Wildman–Crippen LogP) is 5.52. The van der Waals surface area contributed by atoms with Crippen LogP contribution in [0.1, 0.15) is 16.8 Å². The van der Waals surface area contributed by atoms with E-state index in [9.17, 15) is 13.2 Å². The zero-order valence-electron chi connectivity index (χ0n) is 11.7. The highest BCUT2D eigenvalue weighted by Gasteiger charge is 2.40. The highest BCUT2D eigenvalue weighted by Crippen LogP contribution is 2.37. The Morgan fingerprint density at radius 1 is 1.09 bits per heavy atom. The first-order valence-corrected chi connectivity index (χ1v) is 7.77. The number of hydrogen-bond donors (Lipinski definition) is 1. The van der Waals surface area contributed by atoms with E-state index in [-0.39, 0.29) is 5.69 Å². The van der Waals surface area contributed by atoms with E-state index in [0.29, 0.717) is 23.2 Å². The molecular formula is C17H10BrF3N2. The van der Waals surface area contributed by atoms with E-state index in [1.807, 2.05) is 18.2 Å². The summed E-state index contributed by atoms with van der Waals surface area (Å²) < 4.78 is 41.5. The summed E-state index contributed by atoms with van der Waals surface area (Å²) in [6.45, 7) is 0. The Balaban J connectivity index is 2.08. The Kier molecular flexibility index (Phi) is 3.13. The van der Waals surface area contributed by atoms with Crippen LogP contribution in [-0.2, 0) is 6.42 Å². The van der Waals surface area contributed by atoms with Crippen molar-refractivity contribution in [2.45, 2.75) is 12.6 Å². The first-order valence-electron chi connectivity index (χ1n) is 6.98. The molecule has 0 unspecified atom stereocenters. The van der Waals surface area contributed by atoms with Crippen molar-refractivity contribution in [1.29, 1.82) is 0 Å². The molecule has 23 heavy (non-hydrogen) atoms. The quantitative estimate of drug-likeness (QED) is 0.533. The second kappa shape index (κ2) is 4.96. The standard InChI is InChI=1S/C17H10BrF3N2/c18-10-5-6-14-11(8-10)12-7-9-3-1-2-4-13(9)23-16(15(12)22-14)17(19,20)21/h1-6,8,22H,7H2. The van der Waals surface area contributed by atoms with Crippen LogP contribution in [-0.4, -0.2) is 16.9 Å². The maximum atomic E-state index is 13.5. The van der Waals surface area contributed by atoms with Crippen molar-refractivity contribution in [3.8, 4) is 0 Å². The van der Waals surface area contributed by atoms with Gasteiger partial charge in [0.15, 0.2) is 5.71 Å². The highest BCUT2D eigenvalue weighted by atomic mass is 79.9. The molecule has 116 valence electrons. The Bertz CT molecular complexity index is 954. The van der Waals surface area contributed by atoms with Crippen molar-refractivity contribution < 1.29 is 13.2 Å². The van der Waals surface area contributed by atoms with Gasteiger partial charge in [0.25, 0.3) is 0 Å². The van der Waals surface area contributed by atoms with Gasteiger partial charge in [0.1, 0.15) is 0 Å². The number of nitrogens with zero attached hydrogens (tertiary/aromatic N) is 1. The van der Waals surface area contributed by atoms with Crippen LogP contribution < -0.4 is 0 Å². The van der Waals surface area contributed by atoms with E-state index >= 15 is 0 Å². The summed E-state index contributed by atoms with van der Waals surface area (Å²) in [5.41, 5.74) is 1.64. The van der Waals surface area contributed by atoms with Crippen LogP contribution in [0.4, 0.5) is 18.9 Å². The number of H-pyrrole nitrogens is 1. The lowest BCUT2D eigenvalue weighted by molar-refractivity contribution is -0.0581. The molecule has 0 aliphatic carbocycles. The average molecular weight is 379 g/mol. The largest absolute Gasteiger partial charge is 0.435 e. The lowest BCUT2D eigenvalue weighted by atomic mass is 10.0. The minimum atomic E-state index is -4.52. The van der Waals surface area contributed by atoms with E-state index < -0.39 is 11.9 Å². The van der Waals surface area contributed by atoms with Crippen LogP contribution in [0.3, 0.4) is 0 Å². The summed E-state index contributed by atoms with van der Waals surface area (Å²) in [6.07, 6.45) is -4.12. The monoisotopic (exact) mass is 378 g/mol. The topological polar surface area (TPSA) is 28.1 Å². The van der Waals surface area contributed by atoms with Crippen LogP contribution in [0.2, 0.25) is 0 Å². The van der Waals surface area contributed by atoms with Gasteiger partial charge in [-0.3, -0.25) is 0 Å². The molecule has 1 aromatic heterocycles. The lowest BCUT2D eigenvalue weighted by Gasteiger charge is -2.09. The zero-order chi connectivity index (χ0) is 16.2. The highest BCUT2D eigenvalue weighted by molar-refractivity contribution is 9.10. The summed E-state index contributed by atoms with van der Waals surface area (Å²) in [5, 5.41) is 0.781. The second-order valence-electron chi connectivity index (χ2n) is 5.43. The number of nitrogens with one attached hydrogen (secondary N) is 1. The smallest absolute Gasteiger partial charge is 0.353 e. The molecule has 0 fully saturated rings. The van der Waals surface area contributed by atoms with Crippen molar-refractivity contribution in [2.75, 3.05) is 0 Å². The molecule has 0 bridgehead atoms. The molecule has 6 heteroatoms. The summed E-state index contributed by atoms with van der Waals surface area (Å²) in [7, 11) is 0. The van der Waals surface area contributed by atoms with E-state index in [0.717, 1.165) is 15.4 Å². The Morgan fingerprint density at radius 3 is 2.65 bits per heavy atom. The molecule has 0 radical (unpaired) electrons. The molecule has 0 saturated heterocycles. The third kappa shape index (κ3) is 2.37. The predicted molar refractivity (Wildman–Crippen MR) is 87.5 cm³/mol. The molecule has 2 nitrogen and oxygen atoms in total. The van der Waals surface area contributed by atoms with Crippen LogP contribution in [0.15, 0.2) is 51.9 Å². The minimum absolute atomic E-state index is 0.0572. The molecule has 1 aliphatic rings. The van der Waals surface area contributed by atoms with Crippen LogP contribution in [0, 0.1) is 0 Å². The lowest BCUT2D eigenvalue weighted by Crippen LogP contribution is -2.24. The van der Waals surface area contributed by atoms with Gasteiger partial charge in [-0.05, 0) is 35.4 Å². The van der Waals surface area contributed by atoms with Crippen molar-refractivity contribution in [2.24, 2.45) is 4.99 Å². The molecule has 1 aliphatic heterocycles. The number of aromatic nitrogens is 1. The molecule has 0 amide bonds. The first kappa shape index (κ1) is 14.5. The third-order valence-electron chi connectivity index (χ3n) is 3.96. The number of aromatic amines is 1. The number of hydrogen-bond acceptors (Lipinski definition) is 1. The number of para-hydroxylation sites is 1. The van der Waals surface area contributed by atoms with Gasteiger partial charge < -0.3 is 4.98 Å².